The van der Waals surface area contributed by atoms with Crippen molar-refractivity contribution >= 4 is 23.5 Å². The monoisotopic (exact) mass is 217 g/mol. The van der Waals surface area contributed by atoms with E-state index in [1.165, 1.54) is 42.9 Å². The van der Waals surface area contributed by atoms with Crippen LogP contribution in [0.15, 0.2) is 0 Å². The molecule has 0 spiro atoms. The molecule has 1 aliphatic carbocycles. The average molecular weight is 217 g/mol. The van der Waals surface area contributed by atoms with Crippen molar-refractivity contribution in [2.24, 2.45) is 11.7 Å². The van der Waals surface area contributed by atoms with Crippen molar-refractivity contribution < 1.29 is 0 Å². The van der Waals surface area contributed by atoms with Crippen molar-refractivity contribution in [1.82, 2.24) is 0 Å². The van der Waals surface area contributed by atoms with Crippen molar-refractivity contribution in [2.75, 3.05) is 17.3 Å². The van der Waals surface area contributed by atoms with Gasteiger partial charge in [0.15, 0.2) is 0 Å². The van der Waals surface area contributed by atoms with E-state index >= 15 is 0 Å². The first-order chi connectivity index (χ1) is 6.36. The van der Waals surface area contributed by atoms with Crippen LogP contribution in [0.25, 0.3) is 0 Å². The maximum Gasteiger partial charge on any atom is 0.0289 e. The summed E-state index contributed by atoms with van der Waals surface area (Å²) in [4.78, 5) is 0. The Morgan fingerprint density at radius 2 is 2.15 bits per heavy atom. The van der Waals surface area contributed by atoms with E-state index in [9.17, 15) is 0 Å². The van der Waals surface area contributed by atoms with Gasteiger partial charge in [-0.15, -0.1) is 0 Å². The summed E-state index contributed by atoms with van der Waals surface area (Å²) in [7, 11) is 0. The van der Waals surface area contributed by atoms with Crippen molar-refractivity contribution in [2.45, 2.75) is 37.0 Å². The van der Waals surface area contributed by atoms with Crippen LogP contribution in [0, 0.1) is 5.92 Å². The smallest absolute Gasteiger partial charge is 0.0289 e. The zero-order valence-corrected chi connectivity index (χ0v) is 9.71. The summed E-state index contributed by atoms with van der Waals surface area (Å²) in [5.41, 5.74) is 6.22. The molecule has 0 amide bonds. The molecule has 0 aromatic heterocycles. The third-order valence-corrected chi connectivity index (χ3v) is 6.09. The lowest BCUT2D eigenvalue weighted by Gasteiger charge is -2.33. The summed E-state index contributed by atoms with van der Waals surface area (Å²) in [5.74, 6) is 4.91. The molecule has 2 aliphatic rings. The molecule has 1 nitrogen and oxygen atoms in total. The Bertz CT molecular complexity index is 153. The number of rotatable bonds is 3. The number of hydrogen-bond acceptors (Lipinski definition) is 3. The second-order valence-corrected chi connectivity index (χ2v) is 6.68. The number of thioether (sulfide) groups is 2. The molecule has 1 saturated carbocycles. The highest BCUT2D eigenvalue weighted by Gasteiger charge is 2.26. The molecule has 76 valence electrons. The van der Waals surface area contributed by atoms with Gasteiger partial charge in [-0.3, -0.25) is 0 Å². The van der Waals surface area contributed by atoms with Crippen molar-refractivity contribution in [3.63, 3.8) is 0 Å². The minimum atomic E-state index is 0.475. The first-order valence-corrected chi connectivity index (χ1v) is 7.51. The fraction of sp³-hybridized carbons (Fsp3) is 1.00. The Hall–Kier alpha value is 0.660. The first kappa shape index (κ1) is 10.2. The van der Waals surface area contributed by atoms with Crippen LogP contribution in [0.1, 0.15) is 25.7 Å². The van der Waals surface area contributed by atoms with Crippen LogP contribution in [-0.4, -0.2) is 28.6 Å². The zero-order valence-electron chi connectivity index (χ0n) is 8.08. The summed E-state index contributed by atoms with van der Waals surface area (Å²) >= 11 is 4.19. The molecule has 3 heteroatoms. The van der Waals surface area contributed by atoms with Crippen molar-refractivity contribution in [1.29, 1.82) is 0 Å². The lowest BCUT2D eigenvalue weighted by Crippen LogP contribution is -2.38. The maximum absolute atomic E-state index is 6.22. The van der Waals surface area contributed by atoms with Gasteiger partial charge in [0.05, 0.1) is 0 Å². The van der Waals surface area contributed by atoms with Gasteiger partial charge < -0.3 is 5.73 Å². The second kappa shape index (κ2) is 4.94. The predicted molar refractivity (Wildman–Crippen MR) is 63.5 cm³/mol. The van der Waals surface area contributed by atoms with E-state index < -0.39 is 0 Å². The van der Waals surface area contributed by atoms with Crippen LogP contribution in [0.3, 0.4) is 0 Å². The Kier molecular flexibility index (Phi) is 3.87. The number of hydrogen-bond donors (Lipinski definition) is 1. The molecule has 2 fully saturated rings. The van der Waals surface area contributed by atoms with Gasteiger partial charge in [0.25, 0.3) is 0 Å². The molecule has 0 aromatic rings. The largest absolute Gasteiger partial charge is 0.327 e. The summed E-state index contributed by atoms with van der Waals surface area (Å²) in [6.07, 6.45) is 5.62. The fourth-order valence-corrected chi connectivity index (χ4v) is 4.86. The van der Waals surface area contributed by atoms with Gasteiger partial charge in [-0.05, 0) is 12.3 Å². The predicted octanol–water partition coefficient (Wildman–Crippen LogP) is 2.35. The Labute approximate surface area is 89.6 Å². The van der Waals surface area contributed by atoms with E-state index in [4.69, 9.17) is 5.73 Å². The van der Waals surface area contributed by atoms with Crippen LogP contribution < -0.4 is 5.73 Å². The molecular weight excluding hydrogens is 198 g/mol. The summed E-state index contributed by atoms with van der Waals surface area (Å²) in [5, 5.41) is 0.749. The second-order valence-electron chi connectivity index (χ2n) is 4.18. The van der Waals surface area contributed by atoms with Gasteiger partial charge in [-0.1, -0.05) is 19.3 Å². The lowest BCUT2D eigenvalue weighted by atomic mass is 9.80. The van der Waals surface area contributed by atoms with Crippen LogP contribution >= 0.6 is 23.5 Å². The molecule has 1 heterocycles. The normalized spacial score (nSPS) is 32.5. The molecular formula is C10H19NS2. The summed E-state index contributed by atoms with van der Waals surface area (Å²) in [6.45, 7) is 0. The topological polar surface area (TPSA) is 26.0 Å². The van der Waals surface area contributed by atoms with Gasteiger partial charge in [0.1, 0.15) is 0 Å². The van der Waals surface area contributed by atoms with Gasteiger partial charge in [-0.2, -0.15) is 23.5 Å². The van der Waals surface area contributed by atoms with Crippen molar-refractivity contribution in [3.05, 3.63) is 0 Å². The summed E-state index contributed by atoms with van der Waals surface area (Å²) in [6, 6.07) is 0.475. The molecule has 1 aliphatic heterocycles. The molecule has 1 saturated heterocycles. The minimum absolute atomic E-state index is 0.475. The van der Waals surface area contributed by atoms with Crippen LogP contribution in [0.4, 0.5) is 0 Å². The Morgan fingerprint density at radius 1 is 1.31 bits per heavy atom. The Balaban J connectivity index is 1.70. The highest BCUT2D eigenvalue weighted by Crippen LogP contribution is 2.34. The Morgan fingerprint density at radius 3 is 2.69 bits per heavy atom. The van der Waals surface area contributed by atoms with Gasteiger partial charge >= 0.3 is 0 Å². The highest BCUT2D eigenvalue weighted by molar-refractivity contribution is 8.06. The standard InChI is InChI=1S/C10H19NS2/c11-9(6-8-2-1-3-8)10-7-12-4-5-13-10/h8-10H,1-7,11H2. The fourth-order valence-electron chi connectivity index (χ4n) is 2.02. The van der Waals surface area contributed by atoms with Crippen LogP contribution in [0.5, 0.6) is 0 Å². The van der Waals surface area contributed by atoms with Gasteiger partial charge in [0, 0.05) is 28.6 Å². The minimum Gasteiger partial charge on any atom is -0.327 e. The molecule has 13 heavy (non-hydrogen) atoms. The van der Waals surface area contributed by atoms with E-state index in [2.05, 4.69) is 23.5 Å². The lowest BCUT2D eigenvalue weighted by molar-refractivity contribution is 0.276. The van der Waals surface area contributed by atoms with Gasteiger partial charge in [0.2, 0.25) is 0 Å². The molecule has 2 unspecified atom stereocenters. The van der Waals surface area contributed by atoms with E-state index in [0.717, 1.165) is 11.2 Å². The third kappa shape index (κ3) is 2.80. The molecule has 2 N–H and O–H groups in total. The quantitative estimate of drug-likeness (QED) is 0.786. The van der Waals surface area contributed by atoms with E-state index in [1.54, 1.807) is 0 Å². The number of nitrogens with two attached hydrogens (primary N) is 1. The maximum atomic E-state index is 6.22. The molecule has 0 radical (unpaired) electrons. The van der Waals surface area contributed by atoms with E-state index in [-0.39, 0.29) is 0 Å². The van der Waals surface area contributed by atoms with Crippen LogP contribution in [-0.2, 0) is 0 Å². The first-order valence-electron chi connectivity index (χ1n) is 5.31. The highest BCUT2D eigenvalue weighted by atomic mass is 32.2. The molecule has 2 rings (SSSR count). The summed E-state index contributed by atoms with van der Waals surface area (Å²) < 4.78 is 0. The SMILES string of the molecule is NC(CC1CCC1)C1CSCCS1. The molecule has 0 aromatic carbocycles. The van der Waals surface area contributed by atoms with Crippen LogP contribution in [0.2, 0.25) is 0 Å². The zero-order chi connectivity index (χ0) is 9.10. The third-order valence-electron chi connectivity index (χ3n) is 3.15. The van der Waals surface area contributed by atoms with E-state index in [0.29, 0.717) is 6.04 Å². The molecule has 2 atom stereocenters. The van der Waals surface area contributed by atoms with Gasteiger partial charge in [-0.25, -0.2) is 0 Å². The average Bonchev–Trinajstić information content (AvgIpc) is 2.12. The molecule has 0 bridgehead atoms. The van der Waals surface area contributed by atoms with Crippen molar-refractivity contribution in [3.8, 4) is 0 Å². The van der Waals surface area contributed by atoms with E-state index in [1.807, 2.05) is 0 Å².